The Bertz CT molecular complexity index is 1680. The molecule has 43 heavy (non-hydrogen) atoms. The molecule has 3 heterocycles. The number of nitrogens with zero attached hydrogens (tertiary/aromatic N) is 4. The van der Waals surface area contributed by atoms with Crippen LogP contribution in [0.4, 0.5) is 13.2 Å². The van der Waals surface area contributed by atoms with E-state index in [4.69, 9.17) is 4.74 Å². The van der Waals surface area contributed by atoms with Gasteiger partial charge in [-0.1, -0.05) is 48.5 Å². The lowest BCUT2D eigenvalue weighted by Gasteiger charge is -2.35. The SMILES string of the molecule is COc1ccc(CN2C(=O)CC(N3Cc4cc(-c5cc(C(F)(F)F)n(Cc6ccccc6)n5)ccc4C3=O)CC2=O)cc1. The zero-order valence-electron chi connectivity index (χ0n) is 23.2. The minimum absolute atomic E-state index is 0.00663. The Hall–Kier alpha value is -4.93. The maximum absolute atomic E-state index is 13.9. The third kappa shape index (κ3) is 5.62. The highest BCUT2D eigenvalue weighted by Crippen LogP contribution is 2.36. The first-order valence-electron chi connectivity index (χ1n) is 13.7. The van der Waals surface area contributed by atoms with Gasteiger partial charge in [0.1, 0.15) is 11.4 Å². The number of ether oxygens (including phenoxy) is 1. The van der Waals surface area contributed by atoms with Crippen molar-refractivity contribution in [3.05, 3.63) is 107 Å². The molecule has 0 saturated carbocycles. The molecule has 0 bridgehead atoms. The van der Waals surface area contributed by atoms with E-state index in [1.807, 2.05) is 0 Å². The van der Waals surface area contributed by atoms with E-state index in [-0.39, 0.29) is 55.9 Å². The number of likely N-dealkylation sites (tertiary alicyclic amines) is 1. The Morgan fingerprint density at radius 3 is 2.19 bits per heavy atom. The van der Waals surface area contributed by atoms with Crippen LogP contribution in [0.25, 0.3) is 11.3 Å². The van der Waals surface area contributed by atoms with Gasteiger partial charge >= 0.3 is 6.18 Å². The predicted molar refractivity (Wildman–Crippen MR) is 150 cm³/mol. The van der Waals surface area contributed by atoms with E-state index in [0.29, 0.717) is 28.0 Å². The molecule has 0 spiro atoms. The normalized spacial score (nSPS) is 15.8. The van der Waals surface area contributed by atoms with Gasteiger partial charge in [0.2, 0.25) is 11.8 Å². The van der Waals surface area contributed by atoms with E-state index < -0.39 is 17.9 Å². The minimum atomic E-state index is -4.61. The first kappa shape index (κ1) is 28.2. The number of hydrogen-bond acceptors (Lipinski definition) is 5. The summed E-state index contributed by atoms with van der Waals surface area (Å²) in [6.45, 7) is 0.220. The van der Waals surface area contributed by atoms with Crippen molar-refractivity contribution < 1.29 is 32.3 Å². The van der Waals surface area contributed by atoms with Gasteiger partial charge in [0.15, 0.2) is 0 Å². The third-order valence-electron chi connectivity index (χ3n) is 7.84. The van der Waals surface area contributed by atoms with Crippen LogP contribution in [0.2, 0.25) is 0 Å². The van der Waals surface area contributed by atoms with Gasteiger partial charge in [0, 0.05) is 36.6 Å². The number of benzene rings is 3. The van der Waals surface area contributed by atoms with Crippen molar-refractivity contribution in [2.75, 3.05) is 7.11 Å². The van der Waals surface area contributed by atoms with Crippen LogP contribution in [0.1, 0.15) is 45.6 Å². The summed E-state index contributed by atoms with van der Waals surface area (Å²) >= 11 is 0. The van der Waals surface area contributed by atoms with E-state index >= 15 is 0 Å². The number of carbonyl (C=O) groups excluding carboxylic acids is 3. The largest absolute Gasteiger partial charge is 0.497 e. The summed E-state index contributed by atoms with van der Waals surface area (Å²) in [4.78, 5) is 42.0. The number of rotatable bonds is 7. The number of piperidine rings is 1. The molecular weight excluding hydrogens is 561 g/mol. The number of imide groups is 1. The molecule has 11 heteroatoms. The molecule has 8 nitrogen and oxygen atoms in total. The molecule has 0 N–H and O–H groups in total. The van der Waals surface area contributed by atoms with Gasteiger partial charge in [-0.15, -0.1) is 0 Å². The zero-order chi connectivity index (χ0) is 30.3. The lowest BCUT2D eigenvalue weighted by molar-refractivity contribution is -0.151. The topological polar surface area (TPSA) is 84.7 Å². The summed E-state index contributed by atoms with van der Waals surface area (Å²) in [7, 11) is 1.55. The summed E-state index contributed by atoms with van der Waals surface area (Å²) in [5, 5.41) is 4.26. The molecule has 3 amide bonds. The molecule has 220 valence electrons. The number of aromatic nitrogens is 2. The van der Waals surface area contributed by atoms with Gasteiger partial charge in [-0.3, -0.25) is 24.0 Å². The number of alkyl halides is 3. The Kier molecular flexibility index (Phi) is 7.25. The fourth-order valence-corrected chi connectivity index (χ4v) is 5.61. The molecule has 0 atom stereocenters. The number of hydrogen-bond donors (Lipinski definition) is 0. The second-order valence-corrected chi connectivity index (χ2v) is 10.6. The maximum Gasteiger partial charge on any atom is 0.433 e. The van der Waals surface area contributed by atoms with E-state index in [1.54, 1.807) is 79.9 Å². The van der Waals surface area contributed by atoms with Gasteiger partial charge in [-0.2, -0.15) is 18.3 Å². The number of amides is 3. The molecule has 2 aliphatic rings. The predicted octanol–water partition coefficient (Wildman–Crippen LogP) is 5.30. The van der Waals surface area contributed by atoms with Crippen LogP contribution in [0.5, 0.6) is 5.75 Å². The van der Waals surface area contributed by atoms with Crippen molar-refractivity contribution in [1.82, 2.24) is 19.6 Å². The Morgan fingerprint density at radius 2 is 1.53 bits per heavy atom. The number of fused-ring (bicyclic) bond motifs is 1. The Morgan fingerprint density at radius 1 is 0.860 bits per heavy atom. The highest BCUT2D eigenvalue weighted by atomic mass is 19.4. The highest BCUT2D eigenvalue weighted by Gasteiger charge is 2.41. The van der Waals surface area contributed by atoms with E-state index in [1.165, 1.54) is 9.80 Å². The van der Waals surface area contributed by atoms with E-state index in [9.17, 15) is 27.6 Å². The molecule has 0 aliphatic carbocycles. The van der Waals surface area contributed by atoms with Crippen LogP contribution >= 0.6 is 0 Å². The van der Waals surface area contributed by atoms with Crippen LogP contribution in [-0.2, 0) is 35.4 Å². The van der Waals surface area contributed by atoms with Gasteiger partial charge < -0.3 is 9.64 Å². The fraction of sp³-hybridized carbons (Fsp3) is 0.250. The Balaban J connectivity index is 1.19. The summed E-state index contributed by atoms with van der Waals surface area (Å²) in [5.74, 6) is -0.395. The van der Waals surface area contributed by atoms with Crippen molar-refractivity contribution in [2.24, 2.45) is 0 Å². The number of halogens is 3. The summed E-state index contributed by atoms with van der Waals surface area (Å²) in [5.41, 5.74) is 2.15. The summed E-state index contributed by atoms with van der Waals surface area (Å²) in [6, 6.07) is 21.0. The van der Waals surface area contributed by atoms with Gasteiger partial charge in [-0.25, -0.2) is 0 Å². The molecule has 0 unspecified atom stereocenters. The third-order valence-corrected chi connectivity index (χ3v) is 7.84. The van der Waals surface area contributed by atoms with Crippen molar-refractivity contribution in [3.8, 4) is 17.0 Å². The van der Waals surface area contributed by atoms with Crippen LogP contribution in [-0.4, -0.2) is 50.5 Å². The van der Waals surface area contributed by atoms with Gasteiger partial charge in [-0.05, 0) is 47.0 Å². The molecule has 6 rings (SSSR count). The van der Waals surface area contributed by atoms with Crippen molar-refractivity contribution in [3.63, 3.8) is 0 Å². The zero-order valence-corrected chi connectivity index (χ0v) is 23.2. The first-order chi connectivity index (χ1) is 20.6. The highest BCUT2D eigenvalue weighted by molar-refractivity contribution is 6.02. The minimum Gasteiger partial charge on any atom is -0.497 e. The lowest BCUT2D eigenvalue weighted by Crippen LogP contribution is -2.50. The van der Waals surface area contributed by atoms with E-state index in [2.05, 4.69) is 5.10 Å². The molecule has 2 aliphatic heterocycles. The van der Waals surface area contributed by atoms with E-state index in [0.717, 1.165) is 16.3 Å². The van der Waals surface area contributed by atoms with Gasteiger partial charge in [0.25, 0.3) is 5.91 Å². The molecule has 4 aromatic rings. The number of methoxy groups -OCH3 is 1. The smallest absolute Gasteiger partial charge is 0.433 e. The standard InChI is InChI=1S/C32H27F3N4O4/c1-43-25-10-7-21(8-11-25)17-38-29(40)14-24(15-30(38)41)37-19-23-13-22(9-12-26(23)31(37)42)27-16-28(32(33,34)35)39(36-27)18-20-5-3-2-4-6-20/h2-13,16,24H,14-15,17-19H2,1H3. The molecule has 3 aromatic carbocycles. The second-order valence-electron chi connectivity index (χ2n) is 10.6. The average molecular weight is 589 g/mol. The molecule has 0 radical (unpaired) electrons. The fourth-order valence-electron chi connectivity index (χ4n) is 5.61. The first-order valence-corrected chi connectivity index (χ1v) is 13.7. The van der Waals surface area contributed by atoms with Crippen molar-refractivity contribution in [1.29, 1.82) is 0 Å². The second kappa shape index (κ2) is 11.0. The monoisotopic (exact) mass is 588 g/mol. The molecule has 1 saturated heterocycles. The number of carbonyl (C=O) groups is 3. The van der Waals surface area contributed by atoms with Crippen LogP contribution in [0.3, 0.4) is 0 Å². The lowest BCUT2D eigenvalue weighted by atomic mass is 10.0. The van der Waals surface area contributed by atoms with Gasteiger partial charge in [0.05, 0.1) is 25.9 Å². The van der Waals surface area contributed by atoms with Crippen molar-refractivity contribution >= 4 is 17.7 Å². The molecular formula is C32H27F3N4O4. The summed E-state index contributed by atoms with van der Waals surface area (Å²) < 4.78 is 47.7. The van der Waals surface area contributed by atoms with Crippen LogP contribution in [0.15, 0.2) is 78.9 Å². The Labute approximate surface area is 245 Å². The quantitative estimate of drug-likeness (QED) is 0.274. The average Bonchev–Trinajstić information content (AvgIpc) is 3.57. The molecule has 1 aromatic heterocycles. The van der Waals surface area contributed by atoms with Crippen LogP contribution in [0, 0.1) is 0 Å². The van der Waals surface area contributed by atoms with Crippen molar-refractivity contribution in [2.45, 2.75) is 44.7 Å². The van der Waals surface area contributed by atoms with Crippen LogP contribution < -0.4 is 4.74 Å². The summed E-state index contributed by atoms with van der Waals surface area (Å²) in [6.07, 6.45) is -4.62. The molecule has 1 fully saturated rings. The maximum atomic E-state index is 13.9.